The number of aliphatic carboxylic acids is 1. The topological polar surface area (TPSA) is 186 Å². The van der Waals surface area contributed by atoms with Crippen LogP contribution in [0.25, 0.3) is 5.69 Å². The summed E-state index contributed by atoms with van der Waals surface area (Å²) in [5.41, 5.74) is 7.23. The van der Waals surface area contributed by atoms with Gasteiger partial charge in [-0.25, -0.2) is 9.67 Å². The number of carboxylic acid groups (broad SMARTS) is 1. The van der Waals surface area contributed by atoms with Crippen molar-refractivity contribution in [3.8, 4) is 5.69 Å². The number of carbonyl (C=O) groups excluding carboxylic acids is 3. The molecule has 2 aromatic heterocycles. The van der Waals surface area contributed by atoms with Crippen LogP contribution in [0.4, 0.5) is 11.5 Å². The normalized spacial score (nSPS) is 20.1. The fraction of sp³-hybridized carbons (Fsp3) is 0.654. The summed E-state index contributed by atoms with van der Waals surface area (Å²) in [7, 11) is 0. The predicted molar refractivity (Wildman–Crippen MR) is 263 cm³/mol. The Labute approximate surface area is 403 Å². The fourth-order valence-corrected chi connectivity index (χ4v) is 10.5. The van der Waals surface area contributed by atoms with Gasteiger partial charge in [-0.2, -0.15) is 5.10 Å². The zero-order valence-corrected chi connectivity index (χ0v) is 41.1. The van der Waals surface area contributed by atoms with Gasteiger partial charge in [0, 0.05) is 101 Å². The Bertz CT molecular complexity index is 2170. The molecule has 4 aliphatic rings. The highest BCUT2D eigenvalue weighted by Crippen LogP contribution is 2.33. The Morgan fingerprint density at radius 3 is 2.47 bits per heavy atom. The van der Waals surface area contributed by atoms with Crippen LogP contribution in [0.5, 0.6) is 0 Å². The molecule has 3 aromatic rings. The Morgan fingerprint density at radius 1 is 0.912 bits per heavy atom. The third-order valence-corrected chi connectivity index (χ3v) is 14.2. The molecule has 16 heteroatoms. The number of anilines is 2. The van der Waals surface area contributed by atoms with Gasteiger partial charge in [-0.3, -0.25) is 19.2 Å². The number of nitrogens with zero attached hydrogens (tertiary/aromatic N) is 7. The number of hydrogen-bond acceptors (Lipinski definition) is 11. The van der Waals surface area contributed by atoms with Crippen LogP contribution in [-0.2, 0) is 36.8 Å². The zero-order valence-electron chi connectivity index (χ0n) is 41.1. The van der Waals surface area contributed by atoms with E-state index in [0.717, 1.165) is 111 Å². The summed E-state index contributed by atoms with van der Waals surface area (Å²) in [6.07, 6.45) is 9.22. The number of carbonyl (C=O) groups is 4. The maximum absolute atomic E-state index is 13.3. The second kappa shape index (κ2) is 24.5. The lowest BCUT2D eigenvalue weighted by molar-refractivity contribution is -0.137. The number of amides is 3. The largest absolute Gasteiger partial charge is 0.481 e. The van der Waals surface area contributed by atoms with Crippen LogP contribution in [0, 0.1) is 19.8 Å². The zero-order chi connectivity index (χ0) is 48.2. The molecule has 16 nitrogen and oxygen atoms in total. The van der Waals surface area contributed by atoms with Gasteiger partial charge in [0.25, 0.3) is 0 Å². The predicted octanol–water partition coefficient (Wildman–Crippen LogP) is 5.64. The lowest BCUT2D eigenvalue weighted by Crippen LogP contribution is -2.48. The molecule has 4 aliphatic heterocycles. The number of benzene rings is 1. The molecule has 0 saturated carbocycles. The molecule has 68 heavy (non-hydrogen) atoms. The summed E-state index contributed by atoms with van der Waals surface area (Å²) in [6.45, 7) is 15.2. The first-order valence-corrected chi connectivity index (χ1v) is 25.5. The standard InChI is InChI=1S/C52H77N9O7/c1-36(2)68-35-46-31-47(62)34-60(46)50(65)12-6-5-7-19-53-48(63)11-8-13-49(64)59-24-22-58(23-25-59)44-27-41(28-45(30-44)61-38(4)26-37(3)56-61)42(29-51(66)67)33-57-21-18-39(32-57)14-16-43-17-15-40-10-9-20-54-52(40)55-43/h15,17,26-28,30,36,39,42,46-47,62H,5-14,16,18-25,29,31-35H2,1-4H3,(H,53,63)(H,54,55)(H,66,67)/t39-,42+,46+,47-/m1/s1. The number of aromatic nitrogens is 3. The molecule has 1 aromatic carbocycles. The Hall–Kier alpha value is -5.06. The molecule has 4 N–H and O–H groups in total. The van der Waals surface area contributed by atoms with Gasteiger partial charge in [0.05, 0.1) is 42.7 Å². The first-order chi connectivity index (χ1) is 32.8. The number of aryl methyl sites for hydroxylation is 4. The van der Waals surface area contributed by atoms with Gasteiger partial charge in [0.1, 0.15) is 5.82 Å². The summed E-state index contributed by atoms with van der Waals surface area (Å²) in [6, 6.07) is 12.8. The number of fused-ring (bicyclic) bond motifs is 1. The molecular formula is C52H77N9O7. The third-order valence-electron chi connectivity index (χ3n) is 14.2. The van der Waals surface area contributed by atoms with Gasteiger partial charge in [0.15, 0.2) is 0 Å². The van der Waals surface area contributed by atoms with E-state index < -0.39 is 12.1 Å². The van der Waals surface area contributed by atoms with Gasteiger partial charge < -0.3 is 45.2 Å². The van der Waals surface area contributed by atoms with E-state index in [-0.39, 0.29) is 48.6 Å². The number of rotatable bonds is 23. The van der Waals surface area contributed by atoms with E-state index in [1.54, 1.807) is 4.90 Å². The molecule has 4 atom stereocenters. The number of carboxylic acids is 1. The lowest BCUT2D eigenvalue weighted by Gasteiger charge is -2.37. The van der Waals surface area contributed by atoms with Crippen LogP contribution >= 0.6 is 0 Å². The van der Waals surface area contributed by atoms with Crippen LogP contribution in [0.2, 0.25) is 0 Å². The van der Waals surface area contributed by atoms with E-state index in [2.05, 4.69) is 50.8 Å². The maximum atomic E-state index is 13.3. The summed E-state index contributed by atoms with van der Waals surface area (Å²) < 4.78 is 7.65. The van der Waals surface area contributed by atoms with E-state index in [9.17, 15) is 29.4 Å². The lowest BCUT2D eigenvalue weighted by atomic mass is 9.93. The number of β-amino-alcohol motifs (C(OH)–C–C–N with tert-alkyl or cyclic N) is 1. The fourth-order valence-electron chi connectivity index (χ4n) is 10.5. The minimum Gasteiger partial charge on any atom is -0.481 e. The number of ether oxygens (including phenoxy) is 1. The Balaban J connectivity index is 0.862. The molecule has 3 saturated heterocycles. The Morgan fingerprint density at radius 2 is 1.71 bits per heavy atom. The van der Waals surface area contributed by atoms with Crippen molar-refractivity contribution in [1.29, 1.82) is 0 Å². The number of likely N-dealkylation sites (tertiary alicyclic amines) is 2. The van der Waals surface area contributed by atoms with E-state index in [0.29, 0.717) is 84.0 Å². The summed E-state index contributed by atoms with van der Waals surface area (Å²) in [5.74, 6) is 0.560. The number of nitrogens with one attached hydrogen (secondary N) is 2. The summed E-state index contributed by atoms with van der Waals surface area (Å²) in [4.78, 5) is 64.5. The first kappa shape index (κ1) is 50.8. The summed E-state index contributed by atoms with van der Waals surface area (Å²) in [5, 5.41) is 31.5. The molecule has 0 aliphatic carbocycles. The smallest absolute Gasteiger partial charge is 0.304 e. The van der Waals surface area contributed by atoms with Crippen LogP contribution < -0.4 is 15.5 Å². The van der Waals surface area contributed by atoms with Crippen molar-refractivity contribution in [1.82, 2.24) is 34.8 Å². The highest BCUT2D eigenvalue weighted by atomic mass is 16.5. The van der Waals surface area contributed by atoms with Crippen molar-refractivity contribution in [2.75, 3.05) is 82.3 Å². The number of hydrogen-bond donors (Lipinski definition) is 4. The molecule has 7 rings (SSSR count). The quantitative estimate of drug-likeness (QED) is 0.0860. The number of pyridine rings is 1. The molecule has 0 unspecified atom stereocenters. The number of aliphatic hydroxyl groups is 1. The van der Waals surface area contributed by atoms with E-state index in [1.165, 1.54) is 5.56 Å². The number of aliphatic hydroxyl groups excluding tert-OH is 1. The third kappa shape index (κ3) is 14.5. The molecule has 0 radical (unpaired) electrons. The SMILES string of the molecule is Cc1cc(C)n(-c2cc([C@@H](CC(=O)O)CN3CC[C@@H](CCc4ccc5c(n4)NCCC5)C3)cc(N3CCN(C(=O)CCCC(=O)NCCCCCC(=O)N4C[C@H](O)C[C@H]4COC(C)C)CC3)c2)n1. The molecule has 6 heterocycles. The van der Waals surface area contributed by atoms with Gasteiger partial charge in [0.2, 0.25) is 17.7 Å². The minimum absolute atomic E-state index is 0.0254. The number of piperazine rings is 1. The second-order valence-corrected chi connectivity index (χ2v) is 20.1. The van der Waals surface area contributed by atoms with Crippen molar-refractivity contribution in [3.63, 3.8) is 0 Å². The van der Waals surface area contributed by atoms with Gasteiger partial charge in [-0.1, -0.05) is 12.5 Å². The van der Waals surface area contributed by atoms with Crippen molar-refractivity contribution in [2.45, 2.75) is 142 Å². The van der Waals surface area contributed by atoms with Crippen LogP contribution in [0.15, 0.2) is 36.4 Å². The number of unbranched alkanes of at least 4 members (excludes halogenated alkanes) is 2. The van der Waals surface area contributed by atoms with E-state index >= 15 is 0 Å². The van der Waals surface area contributed by atoms with Crippen LogP contribution in [-0.4, -0.2) is 154 Å². The van der Waals surface area contributed by atoms with E-state index in [1.807, 2.05) is 43.3 Å². The molecular weight excluding hydrogens is 863 g/mol. The van der Waals surface area contributed by atoms with Gasteiger partial charge in [-0.05, 0) is 139 Å². The van der Waals surface area contributed by atoms with Gasteiger partial charge in [-0.15, -0.1) is 0 Å². The highest BCUT2D eigenvalue weighted by Gasteiger charge is 2.34. The average Bonchev–Trinajstić information content (AvgIpc) is 4.04. The first-order valence-electron chi connectivity index (χ1n) is 25.5. The van der Waals surface area contributed by atoms with Crippen molar-refractivity contribution in [3.05, 3.63) is 64.6 Å². The molecule has 3 amide bonds. The van der Waals surface area contributed by atoms with Crippen molar-refractivity contribution < 1.29 is 34.1 Å². The van der Waals surface area contributed by atoms with Crippen molar-refractivity contribution in [2.24, 2.45) is 5.92 Å². The van der Waals surface area contributed by atoms with Crippen LogP contribution in [0.3, 0.4) is 0 Å². The monoisotopic (exact) mass is 940 g/mol. The molecule has 372 valence electrons. The second-order valence-electron chi connectivity index (χ2n) is 20.1. The van der Waals surface area contributed by atoms with Crippen molar-refractivity contribution >= 4 is 35.2 Å². The van der Waals surface area contributed by atoms with Crippen LogP contribution in [0.1, 0.15) is 125 Å². The maximum Gasteiger partial charge on any atom is 0.304 e. The summed E-state index contributed by atoms with van der Waals surface area (Å²) >= 11 is 0. The minimum atomic E-state index is -0.816. The van der Waals surface area contributed by atoms with E-state index in [4.69, 9.17) is 14.8 Å². The average molecular weight is 940 g/mol. The van der Waals surface area contributed by atoms with Gasteiger partial charge >= 0.3 is 5.97 Å². The molecule has 0 spiro atoms. The molecule has 0 bridgehead atoms. The highest BCUT2D eigenvalue weighted by molar-refractivity contribution is 5.79. The Kier molecular flexibility index (Phi) is 18.3. The molecule has 3 fully saturated rings.